The number of hydrogen-bond acceptors (Lipinski definition) is 7. The third kappa shape index (κ3) is 6.13. The van der Waals surface area contributed by atoms with Gasteiger partial charge in [0, 0.05) is 50.4 Å². The number of nitrogens with two attached hydrogens (primary N) is 1. The van der Waals surface area contributed by atoms with Crippen LogP contribution >= 0.6 is 0 Å². The maximum absolute atomic E-state index is 12.7. The van der Waals surface area contributed by atoms with Crippen molar-refractivity contribution in [1.29, 1.82) is 0 Å². The summed E-state index contributed by atoms with van der Waals surface area (Å²) < 4.78 is 37.4. The van der Waals surface area contributed by atoms with Crippen molar-refractivity contribution in [1.82, 2.24) is 4.31 Å². The van der Waals surface area contributed by atoms with E-state index in [1.54, 1.807) is 19.1 Å². The Bertz CT molecular complexity index is 916. The highest BCUT2D eigenvalue weighted by Crippen LogP contribution is 2.20. The minimum Gasteiger partial charge on any atom is -0.404 e. The summed E-state index contributed by atoms with van der Waals surface area (Å²) in [6, 6.07) is 6.10. The molecule has 170 valence electrons. The topological polar surface area (TPSA) is 123 Å². The number of carbonyl (C=O) groups excluding carboxylic acids is 1. The van der Waals surface area contributed by atoms with Crippen molar-refractivity contribution in [3.8, 4) is 0 Å². The number of anilines is 1. The molecule has 3 rings (SSSR count). The van der Waals surface area contributed by atoms with Crippen molar-refractivity contribution in [2.24, 2.45) is 16.6 Å². The average molecular weight is 451 g/mol. The number of benzene rings is 1. The molecular formula is C21H30N4O5S. The van der Waals surface area contributed by atoms with Crippen LogP contribution in [-0.4, -0.2) is 70.4 Å². The van der Waals surface area contributed by atoms with Crippen LogP contribution in [0.5, 0.6) is 0 Å². The molecule has 2 aliphatic rings. The van der Waals surface area contributed by atoms with Crippen LogP contribution in [0.1, 0.15) is 19.8 Å². The Balaban J connectivity index is 1.62. The van der Waals surface area contributed by atoms with E-state index in [9.17, 15) is 13.2 Å². The maximum Gasteiger partial charge on any atom is 0.258 e. The lowest BCUT2D eigenvalue weighted by atomic mass is 10.0. The van der Waals surface area contributed by atoms with Gasteiger partial charge in [0.15, 0.2) is 0 Å². The van der Waals surface area contributed by atoms with Gasteiger partial charge in [0.05, 0.1) is 23.7 Å². The summed E-state index contributed by atoms with van der Waals surface area (Å²) in [7, 11) is -3.58. The van der Waals surface area contributed by atoms with E-state index < -0.39 is 10.0 Å². The van der Waals surface area contributed by atoms with Gasteiger partial charge in [-0.2, -0.15) is 4.31 Å². The van der Waals surface area contributed by atoms with E-state index in [4.69, 9.17) is 15.2 Å². The van der Waals surface area contributed by atoms with Gasteiger partial charge in [-0.1, -0.05) is 0 Å². The molecule has 0 radical (unpaired) electrons. The number of carbonyl (C=O) groups is 1. The summed E-state index contributed by atoms with van der Waals surface area (Å²) >= 11 is 0. The molecule has 2 heterocycles. The zero-order valence-electron chi connectivity index (χ0n) is 17.7. The molecule has 10 heteroatoms. The van der Waals surface area contributed by atoms with E-state index >= 15 is 0 Å². The molecule has 2 aliphatic heterocycles. The molecule has 2 fully saturated rings. The first kappa shape index (κ1) is 23.4. The molecule has 1 aromatic rings. The Morgan fingerprint density at radius 2 is 1.77 bits per heavy atom. The van der Waals surface area contributed by atoms with Crippen LogP contribution in [0.15, 0.2) is 45.9 Å². The van der Waals surface area contributed by atoms with Crippen molar-refractivity contribution in [3.63, 3.8) is 0 Å². The third-order valence-corrected chi connectivity index (χ3v) is 7.36. The second-order valence-electron chi connectivity index (χ2n) is 7.56. The molecule has 0 aliphatic carbocycles. The van der Waals surface area contributed by atoms with Crippen molar-refractivity contribution in [2.75, 3.05) is 51.4 Å². The smallest absolute Gasteiger partial charge is 0.258 e. The zero-order valence-corrected chi connectivity index (χ0v) is 18.6. The van der Waals surface area contributed by atoms with E-state index in [0.29, 0.717) is 50.2 Å². The first-order valence-electron chi connectivity index (χ1n) is 10.4. The Morgan fingerprint density at radius 1 is 1.16 bits per heavy atom. The fourth-order valence-corrected chi connectivity index (χ4v) is 4.89. The fraction of sp³-hybridized carbons (Fsp3) is 0.524. The average Bonchev–Trinajstić information content (AvgIpc) is 2.80. The Kier molecular flexibility index (Phi) is 8.19. The van der Waals surface area contributed by atoms with Crippen LogP contribution in [0.4, 0.5) is 5.69 Å². The zero-order chi connectivity index (χ0) is 22.3. The molecule has 0 bridgehead atoms. The Morgan fingerprint density at radius 3 is 2.39 bits per heavy atom. The molecular weight excluding hydrogens is 420 g/mol. The van der Waals surface area contributed by atoms with E-state index in [1.165, 1.54) is 22.6 Å². The standard InChI is InChI=1S/C21H30N4O5S/c1-16(23-15-17-6-10-29-11-7-17)20(14-22)21(26)24-18-2-4-19(5-3-18)31(27,28)25-8-12-30-13-9-25/h2-5,14,17H,6-13,15,22H2,1H3,(H,24,26)/b20-14+,23-16?. The van der Waals surface area contributed by atoms with Crippen molar-refractivity contribution in [2.45, 2.75) is 24.7 Å². The normalized spacial score (nSPS) is 19.9. The number of morpholine rings is 1. The van der Waals surface area contributed by atoms with Crippen LogP contribution in [0.2, 0.25) is 0 Å². The molecule has 2 saturated heterocycles. The number of amides is 1. The number of sulfonamides is 1. The summed E-state index contributed by atoms with van der Waals surface area (Å²) in [6.07, 6.45) is 3.17. The largest absolute Gasteiger partial charge is 0.404 e. The van der Waals surface area contributed by atoms with E-state index in [2.05, 4.69) is 10.3 Å². The van der Waals surface area contributed by atoms with Gasteiger partial charge in [-0.15, -0.1) is 0 Å². The first-order chi connectivity index (χ1) is 14.9. The number of ether oxygens (including phenoxy) is 2. The highest BCUT2D eigenvalue weighted by Gasteiger charge is 2.26. The van der Waals surface area contributed by atoms with Crippen molar-refractivity contribution >= 4 is 27.3 Å². The Hall–Kier alpha value is -2.27. The Labute approximate surface area is 183 Å². The van der Waals surface area contributed by atoms with E-state index in [1.807, 2.05) is 0 Å². The molecule has 31 heavy (non-hydrogen) atoms. The first-order valence-corrected chi connectivity index (χ1v) is 11.9. The molecule has 0 atom stereocenters. The number of rotatable bonds is 7. The van der Waals surface area contributed by atoms with Crippen LogP contribution < -0.4 is 11.1 Å². The molecule has 0 saturated carbocycles. The molecule has 0 spiro atoms. The van der Waals surface area contributed by atoms with Crippen molar-refractivity contribution < 1.29 is 22.7 Å². The summed E-state index contributed by atoms with van der Waals surface area (Å²) in [5.41, 5.74) is 7.01. The van der Waals surface area contributed by atoms with Crippen LogP contribution in [0.3, 0.4) is 0 Å². The van der Waals surface area contributed by atoms with Crippen LogP contribution in [0, 0.1) is 5.92 Å². The monoisotopic (exact) mass is 450 g/mol. The summed E-state index contributed by atoms with van der Waals surface area (Å²) in [5.74, 6) is 0.0614. The number of hydrogen-bond donors (Lipinski definition) is 2. The molecule has 3 N–H and O–H groups in total. The lowest BCUT2D eigenvalue weighted by molar-refractivity contribution is -0.112. The van der Waals surface area contributed by atoms with Gasteiger partial charge in [-0.05, 0) is 49.9 Å². The van der Waals surface area contributed by atoms with Gasteiger partial charge >= 0.3 is 0 Å². The highest BCUT2D eigenvalue weighted by atomic mass is 32.2. The summed E-state index contributed by atoms with van der Waals surface area (Å²) in [6.45, 7) is 5.32. The quantitative estimate of drug-likeness (QED) is 0.478. The van der Waals surface area contributed by atoms with Gasteiger partial charge < -0.3 is 20.5 Å². The summed E-state index contributed by atoms with van der Waals surface area (Å²) in [5, 5.41) is 2.75. The van der Waals surface area contributed by atoms with Gasteiger partial charge in [-0.25, -0.2) is 8.42 Å². The minimum atomic E-state index is -3.58. The van der Waals surface area contributed by atoms with Crippen molar-refractivity contribution in [3.05, 3.63) is 36.0 Å². The minimum absolute atomic E-state index is 0.177. The second kappa shape index (κ2) is 10.9. The number of aliphatic imine (C=N–C) groups is 1. The van der Waals surface area contributed by atoms with Gasteiger partial charge in [0.25, 0.3) is 5.91 Å². The van der Waals surface area contributed by atoms with Crippen LogP contribution in [0.25, 0.3) is 0 Å². The maximum atomic E-state index is 12.7. The van der Waals surface area contributed by atoms with Gasteiger partial charge in [0.2, 0.25) is 10.0 Å². The van der Waals surface area contributed by atoms with Gasteiger partial charge in [0.1, 0.15) is 0 Å². The third-order valence-electron chi connectivity index (χ3n) is 5.45. The predicted octanol–water partition coefficient (Wildman–Crippen LogP) is 1.38. The molecule has 1 amide bonds. The van der Waals surface area contributed by atoms with E-state index in [-0.39, 0.29) is 16.4 Å². The molecule has 0 aromatic heterocycles. The number of nitrogens with one attached hydrogen (secondary N) is 1. The fourth-order valence-electron chi connectivity index (χ4n) is 3.49. The summed E-state index contributed by atoms with van der Waals surface area (Å²) in [4.78, 5) is 17.4. The molecule has 0 unspecified atom stereocenters. The molecule has 9 nitrogen and oxygen atoms in total. The SMILES string of the molecule is CC(=NCC1CCOCC1)/C(=C\N)C(=O)Nc1ccc(S(=O)(=O)N2CCOCC2)cc1. The van der Waals surface area contributed by atoms with Gasteiger partial charge in [-0.3, -0.25) is 9.79 Å². The molecule has 1 aromatic carbocycles. The lowest BCUT2D eigenvalue weighted by Crippen LogP contribution is -2.40. The predicted molar refractivity (Wildman–Crippen MR) is 118 cm³/mol. The second-order valence-corrected chi connectivity index (χ2v) is 9.50. The van der Waals surface area contributed by atoms with E-state index in [0.717, 1.165) is 26.1 Å². The number of nitrogens with zero attached hydrogens (tertiary/aromatic N) is 2. The highest BCUT2D eigenvalue weighted by molar-refractivity contribution is 7.89. The lowest BCUT2D eigenvalue weighted by Gasteiger charge is -2.26. The van der Waals surface area contributed by atoms with Crippen LogP contribution in [-0.2, 0) is 24.3 Å².